The fourth-order valence-electron chi connectivity index (χ4n) is 4.54. The molecule has 4 rings (SSSR count). The lowest BCUT2D eigenvalue weighted by Crippen LogP contribution is -2.33. The van der Waals surface area contributed by atoms with Crippen molar-refractivity contribution in [1.29, 1.82) is 0 Å². The molecule has 2 aliphatic rings. The highest BCUT2D eigenvalue weighted by Crippen LogP contribution is 2.29. The van der Waals surface area contributed by atoms with Crippen LogP contribution in [-0.2, 0) is 30.9 Å². The number of nitrogens with zero attached hydrogens (tertiary/aromatic N) is 4. The van der Waals surface area contributed by atoms with Crippen molar-refractivity contribution in [3.8, 4) is 5.75 Å². The Morgan fingerprint density at radius 3 is 2.86 bits per heavy atom. The Balaban J connectivity index is 1.47. The zero-order valence-corrected chi connectivity index (χ0v) is 17.9. The van der Waals surface area contributed by atoms with Crippen LogP contribution in [0, 0.1) is 0 Å². The van der Waals surface area contributed by atoms with E-state index < -0.39 is 0 Å². The standard InChI is InChI=1S/C23H32N4O2/c1-26-10-5-4-6-21(26)23-24-13-19-15-27(11-9-20(19)25-23)14-18-12-17(16-28-2)7-8-22(18)29-3/h7-8,12-13,21H,4-6,9-11,14-16H2,1-3H3/t21-/m0/s1. The predicted molar refractivity (Wildman–Crippen MR) is 113 cm³/mol. The first-order valence-electron chi connectivity index (χ1n) is 10.6. The van der Waals surface area contributed by atoms with Crippen LogP contribution < -0.4 is 4.74 Å². The van der Waals surface area contributed by atoms with Crippen molar-refractivity contribution in [2.45, 2.75) is 51.4 Å². The Morgan fingerprint density at radius 1 is 1.17 bits per heavy atom. The summed E-state index contributed by atoms with van der Waals surface area (Å²) < 4.78 is 10.9. The molecule has 1 atom stereocenters. The quantitative estimate of drug-likeness (QED) is 0.746. The predicted octanol–water partition coefficient (Wildman–Crippen LogP) is 3.35. The molecule has 0 radical (unpaired) electrons. The van der Waals surface area contributed by atoms with Crippen LogP contribution in [-0.4, -0.2) is 54.1 Å². The Morgan fingerprint density at radius 2 is 2.07 bits per heavy atom. The topological polar surface area (TPSA) is 50.7 Å². The second-order valence-electron chi connectivity index (χ2n) is 8.23. The van der Waals surface area contributed by atoms with E-state index in [0.717, 1.165) is 44.2 Å². The number of piperidine rings is 1. The van der Waals surface area contributed by atoms with E-state index in [0.29, 0.717) is 12.6 Å². The maximum atomic E-state index is 5.59. The molecule has 0 saturated carbocycles. The maximum Gasteiger partial charge on any atom is 0.145 e. The molecule has 0 amide bonds. The third-order valence-corrected chi connectivity index (χ3v) is 6.15. The summed E-state index contributed by atoms with van der Waals surface area (Å²) in [6.07, 6.45) is 6.75. The van der Waals surface area contributed by atoms with Gasteiger partial charge in [-0.25, -0.2) is 9.97 Å². The number of benzene rings is 1. The van der Waals surface area contributed by atoms with Crippen molar-refractivity contribution in [2.24, 2.45) is 0 Å². The highest BCUT2D eigenvalue weighted by molar-refractivity contribution is 5.37. The second-order valence-corrected chi connectivity index (χ2v) is 8.23. The van der Waals surface area contributed by atoms with Gasteiger partial charge in [-0.2, -0.15) is 0 Å². The smallest absolute Gasteiger partial charge is 0.145 e. The normalized spacial score (nSPS) is 20.4. The summed E-state index contributed by atoms with van der Waals surface area (Å²) in [5.74, 6) is 1.94. The van der Waals surface area contributed by atoms with E-state index in [1.54, 1.807) is 14.2 Å². The third-order valence-electron chi connectivity index (χ3n) is 6.15. The molecule has 1 aromatic heterocycles. The van der Waals surface area contributed by atoms with Crippen LogP contribution in [0.25, 0.3) is 0 Å². The van der Waals surface area contributed by atoms with E-state index in [4.69, 9.17) is 19.4 Å². The van der Waals surface area contributed by atoms with Crippen LogP contribution in [0.4, 0.5) is 0 Å². The van der Waals surface area contributed by atoms with Gasteiger partial charge in [0.1, 0.15) is 11.6 Å². The largest absolute Gasteiger partial charge is 0.496 e. The van der Waals surface area contributed by atoms with Gasteiger partial charge in [0.25, 0.3) is 0 Å². The molecule has 0 aliphatic carbocycles. The van der Waals surface area contributed by atoms with Crippen LogP contribution in [0.3, 0.4) is 0 Å². The van der Waals surface area contributed by atoms with Gasteiger partial charge < -0.3 is 9.47 Å². The van der Waals surface area contributed by atoms with Crippen molar-refractivity contribution < 1.29 is 9.47 Å². The molecule has 6 heteroatoms. The molecule has 0 spiro atoms. The minimum Gasteiger partial charge on any atom is -0.496 e. The van der Waals surface area contributed by atoms with Crippen molar-refractivity contribution in [1.82, 2.24) is 19.8 Å². The zero-order valence-electron chi connectivity index (χ0n) is 17.9. The summed E-state index contributed by atoms with van der Waals surface area (Å²) >= 11 is 0. The Kier molecular flexibility index (Phi) is 6.43. The molecular weight excluding hydrogens is 364 g/mol. The number of aromatic nitrogens is 2. The van der Waals surface area contributed by atoms with E-state index in [2.05, 4.69) is 35.2 Å². The molecule has 1 fully saturated rings. The summed E-state index contributed by atoms with van der Waals surface area (Å²) in [5, 5.41) is 0. The van der Waals surface area contributed by atoms with E-state index in [9.17, 15) is 0 Å². The van der Waals surface area contributed by atoms with Gasteiger partial charge in [-0.1, -0.05) is 12.5 Å². The number of fused-ring (bicyclic) bond motifs is 1. The second kappa shape index (κ2) is 9.20. The number of methoxy groups -OCH3 is 2. The maximum absolute atomic E-state index is 5.59. The van der Waals surface area contributed by atoms with Crippen molar-refractivity contribution in [3.63, 3.8) is 0 Å². The fourth-order valence-corrected chi connectivity index (χ4v) is 4.54. The van der Waals surface area contributed by atoms with Crippen molar-refractivity contribution in [3.05, 3.63) is 52.6 Å². The van der Waals surface area contributed by atoms with Crippen LogP contribution in [0.1, 0.15) is 53.5 Å². The minimum atomic E-state index is 0.375. The first kappa shape index (κ1) is 20.3. The number of hydrogen-bond acceptors (Lipinski definition) is 6. The Bertz CT molecular complexity index is 842. The van der Waals surface area contributed by atoms with Crippen LogP contribution in [0.5, 0.6) is 5.75 Å². The Labute approximate surface area is 173 Å². The van der Waals surface area contributed by atoms with E-state index in [1.807, 2.05) is 6.07 Å². The van der Waals surface area contributed by atoms with E-state index in [1.165, 1.54) is 41.6 Å². The summed E-state index contributed by atoms with van der Waals surface area (Å²) in [5.41, 5.74) is 4.85. The molecule has 0 N–H and O–H groups in total. The van der Waals surface area contributed by atoms with Gasteiger partial charge in [0.15, 0.2) is 0 Å². The number of ether oxygens (including phenoxy) is 2. The van der Waals surface area contributed by atoms with Gasteiger partial charge >= 0.3 is 0 Å². The SMILES string of the molecule is COCc1ccc(OC)c(CN2CCc3nc([C@@H]4CCCCN4C)ncc3C2)c1. The molecule has 3 heterocycles. The molecular formula is C23H32N4O2. The van der Waals surface area contributed by atoms with Crippen molar-refractivity contribution >= 4 is 0 Å². The summed E-state index contributed by atoms with van der Waals surface area (Å²) in [6, 6.07) is 6.67. The Hall–Kier alpha value is -2.02. The molecule has 6 nitrogen and oxygen atoms in total. The van der Waals surface area contributed by atoms with E-state index in [-0.39, 0.29) is 0 Å². The first-order valence-corrected chi connectivity index (χ1v) is 10.6. The van der Waals surface area contributed by atoms with Crippen LogP contribution in [0.15, 0.2) is 24.4 Å². The van der Waals surface area contributed by atoms with Crippen LogP contribution in [0.2, 0.25) is 0 Å². The zero-order chi connectivity index (χ0) is 20.2. The monoisotopic (exact) mass is 396 g/mol. The number of hydrogen-bond donors (Lipinski definition) is 0. The summed E-state index contributed by atoms with van der Waals surface area (Å²) in [6.45, 7) is 4.50. The van der Waals surface area contributed by atoms with Gasteiger partial charge in [-0.3, -0.25) is 9.80 Å². The molecule has 2 aliphatic heterocycles. The first-order chi connectivity index (χ1) is 14.2. The van der Waals surface area contributed by atoms with Gasteiger partial charge in [0.05, 0.1) is 19.8 Å². The summed E-state index contributed by atoms with van der Waals surface area (Å²) in [7, 11) is 5.66. The lowest BCUT2D eigenvalue weighted by molar-refractivity contribution is 0.178. The molecule has 29 heavy (non-hydrogen) atoms. The molecule has 0 bridgehead atoms. The lowest BCUT2D eigenvalue weighted by atomic mass is 10.0. The molecule has 0 unspecified atom stereocenters. The summed E-state index contributed by atoms with van der Waals surface area (Å²) in [4.78, 5) is 14.6. The number of likely N-dealkylation sites (tertiary alicyclic amines) is 1. The highest BCUT2D eigenvalue weighted by Gasteiger charge is 2.26. The fraction of sp³-hybridized carbons (Fsp3) is 0.565. The number of rotatable bonds is 6. The highest BCUT2D eigenvalue weighted by atomic mass is 16.5. The molecule has 1 aromatic carbocycles. The van der Waals surface area contributed by atoms with Gasteiger partial charge in [-0.15, -0.1) is 0 Å². The lowest BCUT2D eigenvalue weighted by Gasteiger charge is -2.33. The van der Waals surface area contributed by atoms with Gasteiger partial charge in [0.2, 0.25) is 0 Å². The van der Waals surface area contributed by atoms with Crippen LogP contribution >= 0.6 is 0 Å². The van der Waals surface area contributed by atoms with Gasteiger partial charge in [0, 0.05) is 56.2 Å². The third kappa shape index (κ3) is 4.60. The molecule has 2 aromatic rings. The average Bonchev–Trinajstić information content (AvgIpc) is 2.74. The minimum absolute atomic E-state index is 0.375. The molecule has 1 saturated heterocycles. The average molecular weight is 397 g/mol. The molecule has 156 valence electrons. The van der Waals surface area contributed by atoms with Crippen molar-refractivity contribution in [2.75, 3.05) is 34.4 Å². The van der Waals surface area contributed by atoms with E-state index >= 15 is 0 Å². The van der Waals surface area contributed by atoms with Gasteiger partial charge in [-0.05, 0) is 44.1 Å².